The summed E-state index contributed by atoms with van der Waals surface area (Å²) in [5, 5.41) is 11.5. The van der Waals surface area contributed by atoms with Crippen molar-refractivity contribution >= 4 is 13.9 Å². The number of carbonyl (C=O) groups excluding carboxylic acids is 1. The van der Waals surface area contributed by atoms with Crippen LogP contribution in [0.25, 0.3) is 0 Å². The number of carbonyl (C=O) groups is 1. The molecule has 10 heteroatoms. The minimum atomic E-state index is -4.51. The molecule has 0 radical (unpaired) electrons. The van der Waals surface area contributed by atoms with Crippen molar-refractivity contribution in [1.82, 2.24) is 10.2 Å². The van der Waals surface area contributed by atoms with Crippen LogP contribution >= 0.6 is 7.82 Å². The van der Waals surface area contributed by atoms with Crippen molar-refractivity contribution in [2.75, 3.05) is 61.0 Å². The summed E-state index contributed by atoms with van der Waals surface area (Å²) in [7, 11) is 2.81. The summed E-state index contributed by atoms with van der Waals surface area (Å²) in [4.78, 5) is 31.4. The molecule has 0 aliphatic carbocycles. The molecule has 0 aromatic rings. The molecule has 0 aromatic carbocycles. The number of nitrogens with one attached hydrogen (secondary N) is 1. The number of phosphoric ester groups is 1. The summed E-state index contributed by atoms with van der Waals surface area (Å²) in [6.45, 7) is 4.00. The number of phosphoric acid groups is 1. The molecule has 3 N–H and O–H groups in total. The number of aliphatic hydroxyl groups excluding tert-OH is 1. The van der Waals surface area contributed by atoms with Crippen molar-refractivity contribution in [2.24, 2.45) is 0 Å². The molecule has 1 atom stereocenters. The smallest absolute Gasteiger partial charge is 0.317 e. The highest BCUT2D eigenvalue weighted by atomic mass is 31.2. The predicted molar refractivity (Wildman–Crippen MR) is 119 cm³/mol. The van der Waals surface area contributed by atoms with Crippen molar-refractivity contribution in [3.05, 3.63) is 0 Å². The van der Waals surface area contributed by atoms with Crippen molar-refractivity contribution in [3.8, 4) is 0 Å². The van der Waals surface area contributed by atoms with E-state index >= 15 is 0 Å². The molecule has 0 bridgehead atoms. The lowest BCUT2D eigenvalue weighted by atomic mass is 10.1. The van der Waals surface area contributed by atoms with Gasteiger partial charge in [0.2, 0.25) is 0 Å². The summed E-state index contributed by atoms with van der Waals surface area (Å²) in [5.41, 5.74) is 0. The quantitative estimate of drug-likeness (QED) is 0.187. The normalized spacial score (nSPS) is 13.2. The van der Waals surface area contributed by atoms with Crippen LogP contribution in [0, 0.1) is 0 Å². The van der Waals surface area contributed by atoms with Gasteiger partial charge in [0.15, 0.2) is 0 Å². The molecule has 0 heterocycles. The summed E-state index contributed by atoms with van der Waals surface area (Å²) in [6, 6.07) is -0.0892. The molecule has 1 unspecified atom stereocenters. The van der Waals surface area contributed by atoms with Crippen LogP contribution in [0.15, 0.2) is 0 Å². The SMILES string of the molecule is CCCCCCCCCCCN(CCO)C(=O)NC.C[N+](C)(C)CCOP(=O)([O-])O. The second-order valence-corrected chi connectivity index (χ2v) is 9.61. The fourth-order valence-corrected chi connectivity index (χ4v) is 2.95. The average molecular weight is 456 g/mol. The molecule has 0 rings (SSSR count). The maximum Gasteiger partial charge on any atom is 0.317 e. The number of amides is 2. The number of hydrogen-bond acceptors (Lipinski definition) is 5. The van der Waals surface area contributed by atoms with Crippen molar-refractivity contribution in [1.29, 1.82) is 0 Å². The van der Waals surface area contributed by atoms with Gasteiger partial charge in [0, 0.05) is 20.1 Å². The highest BCUT2D eigenvalue weighted by Gasteiger charge is 2.10. The van der Waals surface area contributed by atoms with E-state index in [4.69, 9.17) is 10.00 Å². The van der Waals surface area contributed by atoms with Gasteiger partial charge in [-0.2, -0.15) is 0 Å². The zero-order valence-corrected chi connectivity index (χ0v) is 20.7. The summed E-state index contributed by atoms with van der Waals surface area (Å²) < 4.78 is 14.8. The van der Waals surface area contributed by atoms with Gasteiger partial charge < -0.3 is 34.1 Å². The lowest BCUT2D eigenvalue weighted by Gasteiger charge is -2.25. The van der Waals surface area contributed by atoms with Crippen LogP contribution in [-0.4, -0.2) is 86.5 Å². The van der Waals surface area contributed by atoms with Crippen molar-refractivity contribution in [2.45, 2.75) is 64.7 Å². The van der Waals surface area contributed by atoms with E-state index in [1.807, 2.05) is 21.1 Å². The van der Waals surface area contributed by atoms with Crippen LogP contribution in [0.1, 0.15) is 64.7 Å². The van der Waals surface area contributed by atoms with Gasteiger partial charge in [0.05, 0.1) is 27.7 Å². The Labute approximate surface area is 183 Å². The molecule has 0 fully saturated rings. The minimum absolute atomic E-state index is 0.0147. The molecule has 30 heavy (non-hydrogen) atoms. The Balaban J connectivity index is 0. The van der Waals surface area contributed by atoms with E-state index in [1.54, 1.807) is 11.9 Å². The van der Waals surface area contributed by atoms with E-state index in [0.29, 0.717) is 17.6 Å². The second kappa shape index (κ2) is 19.0. The number of urea groups is 1. The van der Waals surface area contributed by atoms with Crippen LogP contribution in [0.5, 0.6) is 0 Å². The first-order valence-corrected chi connectivity index (χ1v) is 12.5. The zero-order chi connectivity index (χ0) is 23.5. The van der Waals surface area contributed by atoms with Gasteiger partial charge in [-0.1, -0.05) is 58.3 Å². The molecule has 2 amide bonds. The number of nitrogens with zero attached hydrogens (tertiary/aromatic N) is 2. The minimum Gasteiger partial charge on any atom is -0.756 e. The number of quaternary nitrogens is 1. The van der Waals surface area contributed by atoms with Gasteiger partial charge in [0.1, 0.15) is 13.2 Å². The highest BCUT2D eigenvalue weighted by Crippen LogP contribution is 2.29. The molecule has 0 aromatic heterocycles. The molecule has 182 valence electrons. The Hall–Kier alpha value is -0.700. The Bertz CT molecular complexity index is 454. The first-order chi connectivity index (χ1) is 14.0. The highest BCUT2D eigenvalue weighted by molar-refractivity contribution is 7.44. The van der Waals surface area contributed by atoms with E-state index in [1.165, 1.54) is 51.4 Å². The van der Waals surface area contributed by atoms with Gasteiger partial charge in [-0.15, -0.1) is 0 Å². The number of aliphatic hydroxyl groups is 1. The Kier molecular flexibility index (Phi) is 20.0. The lowest BCUT2D eigenvalue weighted by molar-refractivity contribution is -0.870. The Morgan fingerprint density at radius 3 is 1.93 bits per heavy atom. The standard InChI is InChI=1S/C15H32N2O2.C5H14NO4P/c1-3-4-5-6-7-8-9-10-11-12-17(13-14-18)15(19)16-2;1-6(2,3)4-5-10-11(7,8)9/h18H,3-14H2,1-2H3,(H,16,19);4-5H2,1-3H3,(H-,7,8,9). The molecular weight excluding hydrogens is 409 g/mol. The summed E-state index contributed by atoms with van der Waals surface area (Å²) in [5.74, 6) is 0. The van der Waals surface area contributed by atoms with Gasteiger partial charge in [-0.25, -0.2) is 4.79 Å². The molecule has 0 aliphatic rings. The number of likely N-dealkylation sites (N-methyl/N-ethyl adjacent to an activating group) is 1. The van der Waals surface area contributed by atoms with E-state index < -0.39 is 7.82 Å². The van der Waals surface area contributed by atoms with E-state index in [0.717, 1.165) is 13.0 Å². The fraction of sp³-hybridized carbons (Fsp3) is 0.950. The van der Waals surface area contributed by atoms with Crippen molar-refractivity contribution < 1.29 is 33.3 Å². The first kappa shape index (κ1) is 31.5. The topological polar surface area (TPSA) is 122 Å². The van der Waals surface area contributed by atoms with Gasteiger partial charge in [-0.05, 0) is 6.42 Å². The van der Waals surface area contributed by atoms with E-state index in [-0.39, 0.29) is 19.2 Å². The third kappa shape index (κ3) is 25.3. The second-order valence-electron chi connectivity index (χ2n) is 8.41. The van der Waals surface area contributed by atoms with Crippen molar-refractivity contribution in [3.63, 3.8) is 0 Å². The van der Waals surface area contributed by atoms with Crippen LogP contribution in [0.3, 0.4) is 0 Å². The summed E-state index contributed by atoms with van der Waals surface area (Å²) in [6.07, 6.45) is 11.5. The van der Waals surface area contributed by atoms with Gasteiger partial charge in [0.25, 0.3) is 7.82 Å². The molecule has 0 aliphatic heterocycles. The van der Waals surface area contributed by atoms with Crippen LogP contribution in [-0.2, 0) is 9.09 Å². The van der Waals surface area contributed by atoms with E-state index in [2.05, 4.69) is 16.8 Å². The van der Waals surface area contributed by atoms with Gasteiger partial charge in [-0.3, -0.25) is 4.57 Å². The maximum absolute atomic E-state index is 11.5. The first-order valence-electron chi connectivity index (χ1n) is 11.0. The molecule has 0 saturated heterocycles. The predicted octanol–water partition coefficient (Wildman–Crippen LogP) is 2.32. The maximum atomic E-state index is 11.5. The average Bonchev–Trinajstić information content (AvgIpc) is 2.63. The number of rotatable bonds is 16. The number of unbranched alkanes of at least 4 members (excludes halogenated alkanes) is 8. The molecule has 0 spiro atoms. The monoisotopic (exact) mass is 455 g/mol. The third-order valence-electron chi connectivity index (χ3n) is 4.42. The zero-order valence-electron chi connectivity index (χ0n) is 19.8. The molecule has 0 saturated carbocycles. The molecular formula is C20H46N3O6P. The lowest BCUT2D eigenvalue weighted by Crippen LogP contribution is -2.40. The van der Waals surface area contributed by atoms with Gasteiger partial charge >= 0.3 is 6.03 Å². The number of hydrogen-bond donors (Lipinski definition) is 3. The third-order valence-corrected chi connectivity index (χ3v) is 4.93. The fourth-order valence-electron chi connectivity index (χ4n) is 2.64. The van der Waals surface area contributed by atoms with Crippen LogP contribution in [0.2, 0.25) is 0 Å². The van der Waals surface area contributed by atoms with Crippen LogP contribution in [0.4, 0.5) is 4.79 Å². The Morgan fingerprint density at radius 2 is 1.53 bits per heavy atom. The van der Waals surface area contributed by atoms with E-state index in [9.17, 15) is 14.3 Å². The molecule has 9 nitrogen and oxygen atoms in total. The summed E-state index contributed by atoms with van der Waals surface area (Å²) >= 11 is 0. The Morgan fingerprint density at radius 1 is 1.03 bits per heavy atom. The largest absolute Gasteiger partial charge is 0.756 e. The van der Waals surface area contributed by atoms with Crippen LogP contribution < -0.4 is 10.2 Å².